The van der Waals surface area contributed by atoms with Gasteiger partial charge < -0.3 is 0 Å². The third-order valence-corrected chi connectivity index (χ3v) is 8.33. The van der Waals surface area contributed by atoms with Crippen molar-refractivity contribution in [1.29, 1.82) is 0 Å². The van der Waals surface area contributed by atoms with Gasteiger partial charge >= 0.3 is 0 Å². The second-order valence-corrected chi connectivity index (χ2v) is 14.1. The zero-order valence-electron chi connectivity index (χ0n) is 25.7. The van der Waals surface area contributed by atoms with E-state index in [1.807, 2.05) is 0 Å². The molecule has 0 aromatic heterocycles. The SMILES string of the molecule is CC(CCc1ccc(C(C)(C)C)cc1)CCc1cccc(CCC(C)CCc2ccc(C(C)(C)C)cc2)c1. The van der Waals surface area contributed by atoms with Crippen LogP contribution in [0.3, 0.4) is 0 Å². The lowest BCUT2D eigenvalue weighted by Gasteiger charge is -2.19. The molecule has 0 heterocycles. The summed E-state index contributed by atoms with van der Waals surface area (Å²) in [6, 6.07) is 28.0. The first-order chi connectivity index (χ1) is 17.9. The molecule has 0 heteroatoms. The number of hydrogen-bond donors (Lipinski definition) is 0. The molecule has 0 saturated carbocycles. The number of hydrogen-bond acceptors (Lipinski definition) is 0. The summed E-state index contributed by atoms with van der Waals surface area (Å²) in [6.07, 6.45) is 9.84. The zero-order valence-corrected chi connectivity index (χ0v) is 25.7. The van der Waals surface area contributed by atoms with Crippen molar-refractivity contribution in [2.45, 2.75) is 118 Å². The van der Waals surface area contributed by atoms with E-state index in [0.29, 0.717) is 0 Å². The van der Waals surface area contributed by atoms with E-state index in [1.54, 1.807) is 0 Å². The molecule has 0 spiro atoms. The number of benzene rings is 3. The molecule has 0 bridgehead atoms. The first-order valence-corrected chi connectivity index (χ1v) is 15.2. The van der Waals surface area contributed by atoms with E-state index < -0.39 is 0 Å². The molecule has 3 aromatic carbocycles. The Hall–Kier alpha value is -2.34. The van der Waals surface area contributed by atoms with Crippen LogP contribution in [-0.2, 0) is 36.5 Å². The van der Waals surface area contributed by atoms with Gasteiger partial charge in [0.15, 0.2) is 0 Å². The summed E-state index contributed by atoms with van der Waals surface area (Å²) >= 11 is 0. The molecule has 0 aliphatic heterocycles. The molecule has 206 valence electrons. The molecule has 0 fully saturated rings. The zero-order chi connectivity index (χ0) is 27.8. The standard InChI is InChI=1S/C38H54/c1-29(12-16-31-20-24-35(25-21-31)37(3,4)5)14-18-33-10-9-11-34(28-33)19-15-30(2)13-17-32-22-26-36(27-23-32)38(6,7)8/h9-11,20-30H,12-19H2,1-8H3. The molecule has 0 amide bonds. The Labute approximate surface area is 235 Å². The summed E-state index contributed by atoms with van der Waals surface area (Å²) in [5.41, 5.74) is 9.29. The van der Waals surface area contributed by atoms with Crippen molar-refractivity contribution in [1.82, 2.24) is 0 Å². The van der Waals surface area contributed by atoms with E-state index in [1.165, 1.54) is 84.7 Å². The Morgan fingerprint density at radius 2 is 0.763 bits per heavy atom. The highest BCUT2D eigenvalue weighted by atomic mass is 14.2. The van der Waals surface area contributed by atoms with Crippen LogP contribution in [-0.4, -0.2) is 0 Å². The lowest BCUT2D eigenvalue weighted by atomic mass is 9.86. The topological polar surface area (TPSA) is 0 Å². The van der Waals surface area contributed by atoms with Crippen LogP contribution in [0.1, 0.15) is 114 Å². The molecule has 0 nitrogen and oxygen atoms in total. The fraction of sp³-hybridized carbons (Fsp3) is 0.526. The van der Waals surface area contributed by atoms with E-state index in [-0.39, 0.29) is 10.8 Å². The predicted molar refractivity (Wildman–Crippen MR) is 168 cm³/mol. The lowest BCUT2D eigenvalue weighted by molar-refractivity contribution is 0.490. The van der Waals surface area contributed by atoms with Gasteiger partial charge in [-0.25, -0.2) is 0 Å². The molecule has 0 aliphatic rings. The molecule has 38 heavy (non-hydrogen) atoms. The molecule has 3 aromatic rings. The highest BCUT2D eigenvalue weighted by molar-refractivity contribution is 5.29. The smallest absolute Gasteiger partial charge is 0.0132 e. The summed E-state index contributed by atoms with van der Waals surface area (Å²) in [5, 5.41) is 0. The quantitative estimate of drug-likeness (QED) is 0.227. The summed E-state index contributed by atoms with van der Waals surface area (Å²) < 4.78 is 0. The maximum absolute atomic E-state index is 2.47. The van der Waals surface area contributed by atoms with Crippen molar-refractivity contribution in [3.63, 3.8) is 0 Å². The van der Waals surface area contributed by atoms with Crippen LogP contribution < -0.4 is 0 Å². The highest BCUT2D eigenvalue weighted by Crippen LogP contribution is 2.25. The van der Waals surface area contributed by atoms with Gasteiger partial charge in [0.05, 0.1) is 0 Å². The lowest BCUT2D eigenvalue weighted by Crippen LogP contribution is -2.10. The average molecular weight is 511 g/mol. The van der Waals surface area contributed by atoms with Crippen LogP contribution in [0.2, 0.25) is 0 Å². The molecule has 3 rings (SSSR count). The normalized spacial score (nSPS) is 13.9. The summed E-state index contributed by atoms with van der Waals surface area (Å²) in [5.74, 6) is 1.50. The summed E-state index contributed by atoms with van der Waals surface area (Å²) in [6.45, 7) is 18.6. The maximum atomic E-state index is 2.47. The third kappa shape index (κ3) is 10.1. The first-order valence-electron chi connectivity index (χ1n) is 15.2. The number of aryl methyl sites for hydroxylation is 4. The van der Waals surface area contributed by atoms with Gasteiger partial charge in [-0.05, 0) is 107 Å². The average Bonchev–Trinajstić information content (AvgIpc) is 2.88. The minimum absolute atomic E-state index is 0.233. The first kappa shape index (κ1) is 30.2. The van der Waals surface area contributed by atoms with Gasteiger partial charge in [0.25, 0.3) is 0 Å². The Morgan fingerprint density at radius 1 is 0.447 bits per heavy atom. The van der Waals surface area contributed by atoms with Gasteiger partial charge in [-0.15, -0.1) is 0 Å². The van der Waals surface area contributed by atoms with Crippen molar-refractivity contribution < 1.29 is 0 Å². The Morgan fingerprint density at radius 3 is 1.08 bits per heavy atom. The van der Waals surface area contributed by atoms with Crippen molar-refractivity contribution in [2.24, 2.45) is 11.8 Å². The molecular weight excluding hydrogens is 456 g/mol. The molecule has 2 atom stereocenters. The predicted octanol–water partition coefficient (Wildman–Crippen LogP) is 10.7. The Kier molecular flexibility index (Phi) is 10.8. The highest BCUT2D eigenvalue weighted by Gasteiger charge is 2.14. The van der Waals surface area contributed by atoms with Gasteiger partial charge in [-0.1, -0.05) is 128 Å². The van der Waals surface area contributed by atoms with Crippen LogP contribution in [0.4, 0.5) is 0 Å². The van der Waals surface area contributed by atoms with Crippen molar-refractivity contribution >= 4 is 0 Å². The summed E-state index contributed by atoms with van der Waals surface area (Å²) in [4.78, 5) is 0. The minimum Gasteiger partial charge on any atom is -0.0625 e. The Balaban J connectivity index is 1.38. The minimum atomic E-state index is 0.233. The van der Waals surface area contributed by atoms with E-state index >= 15 is 0 Å². The fourth-order valence-corrected chi connectivity index (χ4v) is 5.22. The molecular formula is C38H54. The second-order valence-electron chi connectivity index (χ2n) is 14.1. The fourth-order valence-electron chi connectivity index (χ4n) is 5.22. The number of rotatable bonds is 12. The van der Waals surface area contributed by atoms with Gasteiger partial charge in [-0.3, -0.25) is 0 Å². The largest absolute Gasteiger partial charge is 0.0625 e. The van der Waals surface area contributed by atoms with E-state index in [9.17, 15) is 0 Å². The molecule has 0 radical (unpaired) electrons. The molecule has 0 aliphatic carbocycles. The van der Waals surface area contributed by atoms with Crippen LogP contribution in [0, 0.1) is 11.8 Å². The second kappa shape index (κ2) is 13.6. The van der Waals surface area contributed by atoms with Crippen molar-refractivity contribution in [3.05, 3.63) is 106 Å². The molecule has 0 N–H and O–H groups in total. The van der Waals surface area contributed by atoms with Gasteiger partial charge in [0.2, 0.25) is 0 Å². The van der Waals surface area contributed by atoms with Gasteiger partial charge in [-0.2, -0.15) is 0 Å². The van der Waals surface area contributed by atoms with Crippen LogP contribution in [0.5, 0.6) is 0 Å². The van der Waals surface area contributed by atoms with Crippen molar-refractivity contribution in [2.75, 3.05) is 0 Å². The maximum Gasteiger partial charge on any atom is -0.0132 e. The van der Waals surface area contributed by atoms with E-state index in [2.05, 4.69) is 128 Å². The summed E-state index contributed by atoms with van der Waals surface area (Å²) in [7, 11) is 0. The van der Waals surface area contributed by atoms with Crippen LogP contribution in [0.15, 0.2) is 72.8 Å². The van der Waals surface area contributed by atoms with E-state index in [0.717, 1.165) is 11.8 Å². The van der Waals surface area contributed by atoms with Crippen LogP contribution in [0.25, 0.3) is 0 Å². The van der Waals surface area contributed by atoms with E-state index in [4.69, 9.17) is 0 Å². The van der Waals surface area contributed by atoms with Gasteiger partial charge in [0.1, 0.15) is 0 Å². The molecule has 2 unspecified atom stereocenters. The Bertz CT molecular complexity index is 1000. The molecule has 0 saturated heterocycles. The van der Waals surface area contributed by atoms with Crippen LogP contribution >= 0.6 is 0 Å². The third-order valence-electron chi connectivity index (χ3n) is 8.33. The van der Waals surface area contributed by atoms with Crippen molar-refractivity contribution in [3.8, 4) is 0 Å². The monoisotopic (exact) mass is 510 g/mol. The van der Waals surface area contributed by atoms with Gasteiger partial charge in [0, 0.05) is 0 Å².